The van der Waals surface area contributed by atoms with Gasteiger partial charge in [0.15, 0.2) is 6.61 Å². The highest BCUT2D eigenvalue weighted by Crippen LogP contribution is 2.17. The lowest BCUT2D eigenvalue weighted by Gasteiger charge is -2.19. The SMILES string of the molecule is CC(CN(C)C(=O)COc1cccc(Cl)c1)C(=O)O. The smallest absolute Gasteiger partial charge is 0.308 e. The van der Waals surface area contributed by atoms with Crippen LogP contribution in [0.5, 0.6) is 5.75 Å². The predicted molar refractivity (Wildman–Crippen MR) is 71.4 cm³/mol. The quantitative estimate of drug-likeness (QED) is 0.867. The molecule has 0 aliphatic rings. The number of aliphatic carboxylic acids is 1. The van der Waals surface area contributed by atoms with E-state index >= 15 is 0 Å². The summed E-state index contributed by atoms with van der Waals surface area (Å²) in [6.07, 6.45) is 0. The van der Waals surface area contributed by atoms with E-state index in [1.165, 1.54) is 4.90 Å². The molecular weight excluding hydrogens is 270 g/mol. The molecular formula is C13H16ClNO4. The zero-order valence-electron chi connectivity index (χ0n) is 10.8. The van der Waals surface area contributed by atoms with Gasteiger partial charge >= 0.3 is 5.97 Å². The number of carboxylic acid groups (broad SMARTS) is 1. The summed E-state index contributed by atoms with van der Waals surface area (Å²) in [5, 5.41) is 9.29. The zero-order chi connectivity index (χ0) is 14.4. The molecule has 6 heteroatoms. The lowest BCUT2D eigenvalue weighted by molar-refractivity contribution is -0.143. The van der Waals surface area contributed by atoms with E-state index in [0.29, 0.717) is 10.8 Å². The molecule has 0 saturated heterocycles. The molecule has 0 fully saturated rings. The number of ether oxygens (including phenoxy) is 1. The second-order valence-electron chi connectivity index (χ2n) is 4.26. The van der Waals surface area contributed by atoms with Crippen LogP contribution in [0, 0.1) is 5.92 Å². The Bertz CT molecular complexity index is 464. The van der Waals surface area contributed by atoms with Crippen molar-refractivity contribution in [2.24, 2.45) is 5.92 Å². The third-order valence-corrected chi connectivity index (χ3v) is 2.79. The normalized spacial score (nSPS) is 11.7. The highest BCUT2D eigenvalue weighted by atomic mass is 35.5. The van der Waals surface area contributed by atoms with Gasteiger partial charge < -0.3 is 14.7 Å². The minimum atomic E-state index is -0.935. The maximum Gasteiger partial charge on any atom is 0.308 e. The molecule has 1 N–H and O–H groups in total. The maximum atomic E-state index is 11.7. The number of carbonyl (C=O) groups is 2. The number of likely N-dealkylation sites (N-methyl/N-ethyl adjacent to an activating group) is 1. The number of benzene rings is 1. The second kappa shape index (κ2) is 6.99. The first-order chi connectivity index (χ1) is 8.90. The van der Waals surface area contributed by atoms with E-state index in [2.05, 4.69) is 0 Å². The Hall–Kier alpha value is -1.75. The number of halogens is 1. The molecule has 1 aromatic rings. The van der Waals surface area contributed by atoms with Crippen molar-refractivity contribution >= 4 is 23.5 Å². The molecule has 0 aliphatic carbocycles. The Morgan fingerprint density at radius 3 is 2.74 bits per heavy atom. The van der Waals surface area contributed by atoms with Gasteiger partial charge in [-0.1, -0.05) is 24.6 Å². The van der Waals surface area contributed by atoms with Crippen molar-refractivity contribution in [1.82, 2.24) is 4.90 Å². The molecule has 0 aromatic heterocycles. The summed E-state index contributed by atoms with van der Waals surface area (Å²) >= 11 is 5.79. The average molecular weight is 286 g/mol. The van der Waals surface area contributed by atoms with Gasteiger partial charge in [0.05, 0.1) is 5.92 Å². The molecule has 0 spiro atoms. The lowest BCUT2D eigenvalue weighted by Crippen LogP contribution is -2.36. The first-order valence-electron chi connectivity index (χ1n) is 5.75. The fourth-order valence-electron chi connectivity index (χ4n) is 1.40. The van der Waals surface area contributed by atoms with Crippen LogP contribution >= 0.6 is 11.6 Å². The van der Waals surface area contributed by atoms with Gasteiger partial charge in [0.25, 0.3) is 5.91 Å². The fourth-order valence-corrected chi connectivity index (χ4v) is 1.58. The third-order valence-electron chi connectivity index (χ3n) is 2.55. The van der Waals surface area contributed by atoms with Crippen molar-refractivity contribution in [2.45, 2.75) is 6.92 Å². The maximum absolute atomic E-state index is 11.7. The van der Waals surface area contributed by atoms with Gasteiger partial charge in [-0.25, -0.2) is 0 Å². The van der Waals surface area contributed by atoms with Crippen LogP contribution in [0.4, 0.5) is 0 Å². The standard InChI is InChI=1S/C13H16ClNO4/c1-9(13(17)18)7-15(2)12(16)8-19-11-5-3-4-10(14)6-11/h3-6,9H,7-8H2,1-2H3,(H,17,18). The van der Waals surface area contributed by atoms with Crippen molar-refractivity contribution in [3.63, 3.8) is 0 Å². The van der Waals surface area contributed by atoms with Crippen LogP contribution < -0.4 is 4.74 Å². The van der Waals surface area contributed by atoms with Gasteiger partial charge in [-0.05, 0) is 18.2 Å². The zero-order valence-corrected chi connectivity index (χ0v) is 11.6. The van der Waals surface area contributed by atoms with E-state index in [9.17, 15) is 9.59 Å². The minimum Gasteiger partial charge on any atom is -0.484 e. The number of amides is 1. The van der Waals surface area contributed by atoms with Crippen molar-refractivity contribution in [1.29, 1.82) is 0 Å². The van der Waals surface area contributed by atoms with Crippen LogP contribution in [0.2, 0.25) is 5.02 Å². The molecule has 0 radical (unpaired) electrons. The first kappa shape index (κ1) is 15.3. The molecule has 1 rings (SSSR count). The van der Waals surface area contributed by atoms with Crippen LogP contribution in [0.1, 0.15) is 6.92 Å². The number of nitrogens with zero attached hydrogens (tertiary/aromatic N) is 1. The van der Waals surface area contributed by atoms with Gasteiger partial charge in [-0.2, -0.15) is 0 Å². The summed E-state index contributed by atoms with van der Waals surface area (Å²) in [5.74, 6) is -1.33. The Labute approximate surface area is 116 Å². The average Bonchev–Trinajstić information content (AvgIpc) is 2.35. The van der Waals surface area contributed by atoms with Crippen LogP contribution in [0.15, 0.2) is 24.3 Å². The van der Waals surface area contributed by atoms with Crippen LogP contribution in [-0.4, -0.2) is 42.1 Å². The van der Waals surface area contributed by atoms with Gasteiger partial charge in [-0.3, -0.25) is 9.59 Å². The molecule has 0 heterocycles. The van der Waals surface area contributed by atoms with Crippen LogP contribution in [-0.2, 0) is 9.59 Å². The van der Waals surface area contributed by atoms with Gasteiger partial charge in [-0.15, -0.1) is 0 Å². The lowest BCUT2D eigenvalue weighted by atomic mass is 10.2. The number of hydrogen-bond acceptors (Lipinski definition) is 3. The molecule has 5 nitrogen and oxygen atoms in total. The molecule has 0 saturated carbocycles. The van der Waals surface area contributed by atoms with Crippen LogP contribution in [0.25, 0.3) is 0 Å². The van der Waals surface area contributed by atoms with Crippen LogP contribution in [0.3, 0.4) is 0 Å². The van der Waals surface area contributed by atoms with E-state index in [1.54, 1.807) is 38.2 Å². The number of carbonyl (C=O) groups excluding carboxylic acids is 1. The summed E-state index contributed by atoms with van der Waals surface area (Å²) < 4.78 is 5.29. The van der Waals surface area contributed by atoms with Crippen molar-refractivity contribution < 1.29 is 19.4 Å². The number of carboxylic acids is 1. The second-order valence-corrected chi connectivity index (χ2v) is 4.70. The highest BCUT2D eigenvalue weighted by molar-refractivity contribution is 6.30. The van der Waals surface area contributed by atoms with Gasteiger partial charge in [0.1, 0.15) is 5.75 Å². The topological polar surface area (TPSA) is 66.8 Å². The molecule has 1 aromatic carbocycles. The summed E-state index contributed by atoms with van der Waals surface area (Å²) in [4.78, 5) is 23.8. The van der Waals surface area contributed by atoms with E-state index < -0.39 is 11.9 Å². The van der Waals surface area contributed by atoms with E-state index in [-0.39, 0.29) is 19.1 Å². The largest absolute Gasteiger partial charge is 0.484 e. The molecule has 1 unspecified atom stereocenters. The number of rotatable bonds is 6. The fraction of sp³-hybridized carbons (Fsp3) is 0.385. The third kappa shape index (κ3) is 5.18. The first-order valence-corrected chi connectivity index (χ1v) is 6.13. The molecule has 0 aliphatic heterocycles. The van der Waals surface area contributed by atoms with Gasteiger partial charge in [0, 0.05) is 18.6 Å². The van der Waals surface area contributed by atoms with E-state index in [0.717, 1.165) is 0 Å². The molecule has 0 bridgehead atoms. The minimum absolute atomic E-state index is 0.146. The van der Waals surface area contributed by atoms with Crippen molar-refractivity contribution in [3.05, 3.63) is 29.3 Å². The number of hydrogen-bond donors (Lipinski definition) is 1. The Balaban J connectivity index is 2.44. The Kier molecular flexibility index (Phi) is 5.63. The van der Waals surface area contributed by atoms with Gasteiger partial charge in [0.2, 0.25) is 0 Å². The summed E-state index contributed by atoms with van der Waals surface area (Å²) in [5.41, 5.74) is 0. The van der Waals surface area contributed by atoms with Crippen molar-refractivity contribution in [2.75, 3.05) is 20.2 Å². The Morgan fingerprint density at radius 1 is 1.47 bits per heavy atom. The predicted octanol–water partition coefficient (Wildman–Crippen LogP) is 1.90. The molecule has 1 atom stereocenters. The summed E-state index contributed by atoms with van der Waals surface area (Å²) in [7, 11) is 1.54. The van der Waals surface area contributed by atoms with Crippen molar-refractivity contribution in [3.8, 4) is 5.75 Å². The Morgan fingerprint density at radius 2 is 2.16 bits per heavy atom. The van der Waals surface area contributed by atoms with E-state index in [1.807, 2.05) is 0 Å². The highest BCUT2D eigenvalue weighted by Gasteiger charge is 2.17. The summed E-state index contributed by atoms with van der Waals surface area (Å²) in [6.45, 7) is 1.54. The molecule has 104 valence electrons. The summed E-state index contributed by atoms with van der Waals surface area (Å²) in [6, 6.07) is 6.73. The monoisotopic (exact) mass is 285 g/mol. The molecule has 19 heavy (non-hydrogen) atoms. The molecule has 1 amide bonds. The van der Waals surface area contributed by atoms with E-state index in [4.69, 9.17) is 21.4 Å².